The largest absolute Gasteiger partial charge is 0.489 e. The quantitative estimate of drug-likeness (QED) is 0.358. The van der Waals surface area contributed by atoms with Crippen molar-refractivity contribution >= 4 is 28.5 Å². The van der Waals surface area contributed by atoms with Crippen LogP contribution in [0.3, 0.4) is 0 Å². The van der Waals surface area contributed by atoms with Crippen molar-refractivity contribution < 1.29 is 19.0 Å². The van der Waals surface area contributed by atoms with E-state index in [9.17, 15) is 4.79 Å². The number of amides is 1. The van der Waals surface area contributed by atoms with E-state index >= 15 is 0 Å². The minimum atomic E-state index is -0.244. The van der Waals surface area contributed by atoms with Crippen LogP contribution in [0.1, 0.15) is 11.1 Å². The molecule has 1 aliphatic rings. The highest BCUT2D eigenvalue weighted by molar-refractivity contribution is 7.14. The topological polar surface area (TPSA) is 69.7 Å². The van der Waals surface area contributed by atoms with Gasteiger partial charge in [0.05, 0.1) is 5.69 Å². The van der Waals surface area contributed by atoms with Crippen molar-refractivity contribution in [2.24, 2.45) is 0 Å². The highest BCUT2D eigenvalue weighted by Gasteiger charge is 2.15. The third kappa shape index (κ3) is 5.22. The summed E-state index contributed by atoms with van der Waals surface area (Å²) in [4.78, 5) is 16.8. The zero-order valence-electron chi connectivity index (χ0n) is 17.6. The van der Waals surface area contributed by atoms with Crippen molar-refractivity contribution in [3.8, 4) is 28.5 Å². The summed E-state index contributed by atoms with van der Waals surface area (Å²) in [7, 11) is 0. The normalized spacial score (nSPS) is 12.1. The number of ether oxygens (including phenoxy) is 3. The first kappa shape index (κ1) is 20.8. The Morgan fingerprint density at radius 3 is 2.70 bits per heavy atom. The molecule has 0 bridgehead atoms. The summed E-state index contributed by atoms with van der Waals surface area (Å²) >= 11 is 1.37. The van der Waals surface area contributed by atoms with Crippen molar-refractivity contribution in [2.75, 3.05) is 12.1 Å². The van der Waals surface area contributed by atoms with Gasteiger partial charge in [0.2, 0.25) is 12.7 Å². The van der Waals surface area contributed by atoms with Crippen LogP contribution >= 0.6 is 11.3 Å². The van der Waals surface area contributed by atoms with Crippen LogP contribution in [-0.4, -0.2) is 17.7 Å². The van der Waals surface area contributed by atoms with E-state index < -0.39 is 0 Å². The summed E-state index contributed by atoms with van der Waals surface area (Å²) < 4.78 is 16.5. The number of carbonyl (C=O) groups is 1. The molecular formula is C26H20N2O4S. The highest BCUT2D eigenvalue weighted by Crippen LogP contribution is 2.36. The zero-order chi connectivity index (χ0) is 22.5. The van der Waals surface area contributed by atoms with Crippen molar-refractivity contribution in [1.29, 1.82) is 0 Å². The predicted octanol–water partition coefficient (Wildman–Crippen LogP) is 5.77. The Morgan fingerprint density at radius 1 is 1.03 bits per heavy atom. The van der Waals surface area contributed by atoms with Crippen LogP contribution in [0.5, 0.6) is 17.2 Å². The Hall–Kier alpha value is -4.10. The molecule has 4 aromatic rings. The van der Waals surface area contributed by atoms with Gasteiger partial charge < -0.3 is 14.2 Å². The van der Waals surface area contributed by atoms with Crippen LogP contribution in [-0.2, 0) is 11.4 Å². The molecule has 0 spiro atoms. The molecule has 1 aliphatic heterocycles. The van der Waals surface area contributed by atoms with E-state index in [2.05, 4.69) is 10.3 Å². The van der Waals surface area contributed by atoms with Gasteiger partial charge in [0.15, 0.2) is 16.6 Å². The van der Waals surface area contributed by atoms with Gasteiger partial charge >= 0.3 is 0 Å². The molecule has 0 saturated heterocycles. The third-order valence-corrected chi connectivity index (χ3v) is 5.72. The minimum Gasteiger partial charge on any atom is -0.489 e. The summed E-state index contributed by atoms with van der Waals surface area (Å²) in [6, 6.07) is 23.3. The number of fused-ring (bicyclic) bond motifs is 1. The van der Waals surface area contributed by atoms with Gasteiger partial charge in [0.1, 0.15) is 12.4 Å². The maximum absolute atomic E-state index is 12.3. The van der Waals surface area contributed by atoms with Gasteiger partial charge in [-0.3, -0.25) is 10.1 Å². The maximum atomic E-state index is 12.3. The van der Waals surface area contributed by atoms with Crippen LogP contribution in [0, 0.1) is 0 Å². The lowest BCUT2D eigenvalue weighted by atomic mass is 10.1. The van der Waals surface area contributed by atoms with Gasteiger partial charge in [0, 0.05) is 17.0 Å². The van der Waals surface area contributed by atoms with Gasteiger partial charge in [-0.25, -0.2) is 4.98 Å². The van der Waals surface area contributed by atoms with Crippen molar-refractivity contribution in [3.63, 3.8) is 0 Å². The molecule has 1 N–H and O–H groups in total. The summed E-state index contributed by atoms with van der Waals surface area (Å²) in [6.07, 6.45) is 3.24. The van der Waals surface area contributed by atoms with Gasteiger partial charge in [0.25, 0.3) is 0 Å². The van der Waals surface area contributed by atoms with E-state index in [1.807, 2.05) is 78.2 Å². The molecule has 33 heavy (non-hydrogen) atoms. The number of nitrogens with one attached hydrogen (secondary N) is 1. The average Bonchev–Trinajstić information content (AvgIpc) is 3.52. The molecule has 0 aliphatic carbocycles. The first-order valence-electron chi connectivity index (χ1n) is 10.3. The summed E-state index contributed by atoms with van der Waals surface area (Å²) in [5.74, 6) is 1.96. The van der Waals surface area contributed by atoms with E-state index in [0.29, 0.717) is 17.5 Å². The lowest BCUT2D eigenvalue weighted by Crippen LogP contribution is -2.07. The smallest absolute Gasteiger partial charge is 0.250 e. The van der Waals surface area contributed by atoms with E-state index in [1.54, 1.807) is 6.08 Å². The van der Waals surface area contributed by atoms with Gasteiger partial charge in [-0.05, 0) is 47.5 Å². The molecule has 1 amide bonds. The van der Waals surface area contributed by atoms with E-state index in [4.69, 9.17) is 14.2 Å². The Bertz CT molecular complexity index is 1280. The van der Waals surface area contributed by atoms with Crippen LogP contribution in [0.4, 0.5) is 5.13 Å². The Balaban J connectivity index is 1.15. The number of nitrogens with zero attached hydrogens (tertiary/aromatic N) is 1. The molecule has 0 saturated carbocycles. The molecule has 7 heteroatoms. The molecule has 0 fully saturated rings. The SMILES string of the molecule is O=C(/C=C/c1ccc(OCc2ccccc2)cc1)Nc1nc(-c2ccc3c(c2)OCO3)cs1. The second-order valence-corrected chi connectivity index (χ2v) is 8.13. The number of hydrogen-bond donors (Lipinski definition) is 1. The molecule has 5 rings (SSSR count). The number of hydrogen-bond acceptors (Lipinski definition) is 6. The number of benzene rings is 3. The number of thiazole rings is 1. The van der Waals surface area contributed by atoms with Crippen molar-refractivity contribution in [1.82, 2.24) is 4.98 Å². The zero-order valence-corrected chi connectivity index (χ0v) is 18.4. The molecular weight excluding hydrogens is 436 g/mol. The molecule has 2 heterocycles. The van der Waals surface area contributed by atoms with Gasteiger partial charge in [-0.1, -0.05) is 42.5 Å². The Labute approximate surface area is 195 Å². The van der Waals surface area contributed by atoms with Crippen LogP contribution in [0.25, 0.3) is 17.3 Å². The molecule has 0 atom stereocenters. The molecule has 1 aromatic heterocycles. The predicted molar refractivity (Wildman–Crippen MR) is 129 cm³/mol. The fourth-order valence-electron chi connectivity index (χ4n) is 3.25. The van der Waals surface area contributed by atoms with E-state index in [1.165, 1.54) is 17.4 Å². The first-order chi connectivity index (χ1) is 16.2. The lowest BCUT2D eigenvalue weighted by Gasteiger charge is -2.06. The maximum Gasteiger partial charge on any atom is 0.250 e. The fraction of sp³-hybridized carbons (Fsp3) is 0.0769. The fourth-order valence-corrected chi connectivity index (χ4v) is 3.98. The molecule has 6 nitrogen and oxygen atoms in total. The standard InChI is InChI=1S/C26H20N2O4S/c29-25(13-8-18-6-10-21(11-7-18)30-15-19-4-2-1-3-5-19)28-26-27-22(16-33-26)20-9-12-23-24(14-20)32-17-31-23/h1-14,16H,15,17H2,(H,27,28,29)/b13-8+. The molecule has 164 valence electrons. The van der Waals surface area contributed by atoms with Gasteiger partial charge in [-0.2, -0.15) is 0 Å². The van der Waals surface area contributed by atoms with Crippen LogP contribution < -0.4 is 19.5 Å². The third-order valence-electron chi connectivity index (χ3n) is 4.96. The molecule has 0 unspecified atom stereocenters. The van der Waals surface area contributed by atoms with Crippen molar-refractivity contribution in [2.45, 2.75) is 6.61 Å². The van der Waals surface area contributed by atoms with Crippen LogP contribution in [0.15, 0.2) is 84.3 Å². The number of carbonyl (C=O) groups excluding carboxylic acids is 1. The Kier molecular flexibility index (Phi) is 6.04. The second kappa shape index (κ2) is 9.58. The molecule has 0 radical (unpaired) electrons. The number of anilines is 1. The number of aromatic nitrogens is 1. The second-order valence-electron chi connectivity index (χ2n) is 7.27. The Morgan fingerprint density at radius 2 is 1.85 bits per heavy atom. The lowest BCUT2D eigenvalue weighted by molar-refractivity contribution is -0.111. The highest BCUT2D eigenvalue weighted by atomic mass is 32.1. The number of rotatable bonds is 7. The summed E-state index contributed by atoms with van der Waals surface area (Å²) in [5, 5.41) is 5.23. The van der Waals surface area contributed by atoms with Crippen LogP contribution in [0.2, 0.25) is 0 Å². The molecule has 3 aromatic carbocycles. The van der Waals surface area contributed by atoms with Gasteiger partial charge in [-0.15, -0.1) is 11.3 Å². The van der Waals surface area contributed by atoms with E-state index in [0.717, 1.165) is 33.9 Å². The van der Waals surface area contributed by atoms with E-state index in [-0.39, 0.29) is 12.7 Å². The monoisotopic (exact) mass is 456 g/mol. The average molecular weight is 457 g/mol. The summed E-state index contributed by atoms with van der Waals surface area (Å²) in [5.41, 5.74) is 3.68. The first-order valence-corrected chi connectivity index (χ1v) is 11.2. The summed E-state index contributed by atoms with van der Waals surface area (Å²) in [6.45, 7) is 0.743. The van der Waals surface area contributed by atoms with Crippen molar-refractivity contribution in [3.05, 3.63) is 95.4 Å². The minimum absolute atomic E-state index is 0.229.